The lowest BCUT2D eigenvalue weighted by Gasteiger charge is -2.32. The first-order valence-electron chi connectivity index (χ1n) is 7.41. The molecule has 0 amide bonds. The van der Waals surface area contributed by atoms with Gasteiger partial charge >= 0.3 is 0 Å². The number of nitrogens with zero attached hydrogens (tertiary/aromatic N) is 1. The van der Waals surface area contributed by atoms with Crippen LogP contribution in [-0.4, -0.2) is 24.0 Å². The molecule has 0 spiro atoms. The topological polar surface area (TPSA) is 29.3 Å². The maximum Gasteiger partial charge on any atom is 0.0484 e. The minimum atomic E-state index is 0.378. The Hall–Kier alpha value is -0.380. The molecule has 0 heterocycles. The van der Waals surface area contributed by atoms with Gasteiger partial charge in [-0.05, 0) is 55.7 Å². The Morgan fingerprint density at radius 2 is 2.05 bits per heavy atom. The van der Waals surface area contributed by atoms with Crippen molar-refractivity contribution in [3.63, 3.8) is 0 Å². The van der Waals surface area contributed by atoms with E-state index in [1.54, 1.807) is 0 Å². The summed E-state index contributed by atoms with van der Waals surface area (Å²) < 4.78 is 1.21. The van der Waals surface area contributed by atoms with E-state index in [9.17, 15) is 0 Å². The smallest absolute Gasteiger partial charge is 0.0484 e. The van der Waals surface area contributed by atoms with Gasteiger partial charge in [-0.2, -0.15) is 0 Å². The molecule has 2 N–H and O–H groups in total. The summed E-state index contributed by atoms with van der Waals surface area (Å²) in [6.45, 7) is 4.09. The molecule has 19 heavy (non-hydrogen) atoms. The van der Waals surface area contributed by atoms with E-state index in [-0.39, 0.29) is 0 Å². The molecule has 2 saturated carbocycles. The molecule has 0 saturated heterocycles. The largest absolute Gasteiger partial charge is 0.329 e. The number of hydrogen-bond donors (Lipinski definition) is 1. The molecule has 0 bridgehead atoms. The third kappa shape index (κ3) is 3.21. The van der Waals surface area contributed by atoms with Gasteiger partial charge in [-0.3, -0.25) is 4.90 Å². The summed E-state index contributed by atoms with van der Waals surface area (Å²) in [4.78, 5) is 2.67. The molecule has 2 aliphatic rings. The quantitative estimate of drug-likeness (QED) is 0.866. The Balaban J connectivity index is 1.83. The molecule has 3 heteroatoms. The fourth-order valence-corrected chi connectivity index (χ4v) is 3.64. The van der Waals surface area contributed by atoms with E-state index >= 15 is 0 Å². The van der Waals surface area contributed by atoms with Gasteiger partial charge in [-0.15, -0.1) is 0 Å². The normalized spacial score (nSPS) is 20.8. The van der Waals surface area contributed by atoms with Crippen molar-refractivity contribution in [3.05, 3.63) is 33.8 Å². The van der Waals surface area contributed by atoms with Gasteiger partial charge in [0.25, 0.3) is 0 Å². The van der Waals surface area contributed by atoms with Crippen molar-refractivity contribution >= 4 is 15.9 Å². The van der Waals surface area contributed by atoms with E-state index in [2.05, 4.69) is 46.0 Å². The van der Waals surface area contributed by atoms with E-state index < -0.39 is 0 Å². The van der Waals surface area contributed by atoms with Crippen LogP contribution in [0.1, 0.15) is 42.9 Å². The maximum atomic E-state index is 6.11. The summed E-state index contributed by atoms with van der Waals surface area (Å²) in [5.41, 5.74) is 8.77. The van der Waals surface area contributed by atoms with Crippen LogP contribution in [0.4, 0.5) is 0 Å². The summed E-state index contributed by atoms with van der Waals surface area (Å²) >= 11 is 3.73. The zero-order valence-corrected chi connectivity index (χ0v) is 13.2. The first-order valence-corrected chi connectivity index (χ1v) is 8.20. The van der Waals surface area contributed by atoms with Gasteiger partial charge in [-0.25, -0.2) is 0 Å². The second-order valence-electron chi connectivity index (χ2n) is 6.15. The van der Waals surface area contributed by atoms with E-state index in [1.165, 1.54) is 47.8 Å². The lowest BCUT2D eigenvalue weighted by molar-refractivity contribution is 0.182. The zero-order chi connectivity index (χ0) is 13.4. The molecule has 1 aromatic rings. The van der Waals surface area contributed by atoms with Gasteiger partial charge in [0.2, 0.25) is 0 Å². The van der Waals surface area contributed by atoms with E-state index in [1.807, 2.05) is 0 Å². The third-order valence-corrected chi connectivity index (χ3v) is 5.01. The number of hydrogen-bond acceptors (Lipinski definition) is 2. The molecule has 1 unspecified atom stereocenters. The molecule has 0 aromatic heterocycles. The highest BCUT2D eigenvalue weighted by atomic mass is 79.9. The monoisotopic (exact) mass is 322 g/mol. The van der Waals surface area contributed by atoms with Gasteiger partial charge in [0.1, 0.15) is 0 Å². The van der Waals surface area contributed by atoms with Gasteiger partial charge in [0.15, 0.2) is 0 Å². The number of nitrogens with two attached hydrogens (primary N) is 1. The number of benzene rings is 1. The summed E-state index contributed by atoms with van der Waals surface area (Å²) in [5.74, 6) is 0.930. The lowest BCUT2D eigenvalue weighted by atomic mass is 10.0. The van der Waals surface area contributed by atoms with E-state index in [0.29, 0.717) is 12.6 Å². The predicted octanol–water partition coefficient (Wildman–Crippen LogP) is 3.63. The minimum Gasteiger partial charge on any atom is -0.329 e. The first-order chi connectivity index (χ1) is 9.19. The average Bonchev–Trinajstić information content (AvgIpc) is 3.25. The van der Waals surface area contributed by atoms with Gasteiger partial charge in [0.05, 0.1) is 0 Å². The van der Waals surface area contributed by atoms with Crippen molar-refractivity contribution in [2.24, 2.45) is 11.7 Å². The standard InChI is InChI=1S/C16H23BrN2/c1-11-2-7-14(15(17)8-11)16(9-18)19(13-5-6-13)10-12-3-4-12/h2,7-8,12-13,16H,3-6,9-10,18H2,1H3. The first kappa shape index (κ1) is 13.6. The van der Waals surface area contributed by atoms with Crippen molar-refractivity contribution < 1.29 is 0 Å². The van der Waals surface area contributed by atoms with Crippen molar-refractivity contribution in [2.75, 3.05) is 13.1 Å². The van der Waals surface area contributed by atoms with Crippen LogP contribution in [0.3, 0.4) is 0 Å². The van der Waals surface area contributed by atoms with Gasteiger partial charge < -0.3 is 5.73 Å². The van der Waals surface area contributed by atoms with Crippen LogP contribution in [0.15, 0.2) is 22.7 Å². The number of aryl methyl sites for hydroxylation is 1. The average molecular weight is 323 g/mol. The molecule has 0 radical (unpaired) electrons. The summed E-state index contributed by atoms with van der Waals surface area (Å²) in [6.07, 6.45) is 5.53. The van der Waals surface area contributed by atoms with E-state index in [0.717, 1.165) is 12.0 Å². The van der Waals surface area contributed by atoms with Crippen LogP contribution in [0.2, 0.25) is 0 Å². The van der Waals surface area contributed by atoms with Crippen molar-refractivity contribution in [1.82, 2.24) is 4.90 Å². The lowest BCUT2D eigenvalue weighted by Crippen LogP contribution is -2.37. The highest BCUT2D eigenvalue weighted by Gasteiger charge is 2.38. The van der Waals surface area contributed by atoms with Crippen molar-refractivity contribution in [2.45, 2.75) is 44.7 Å². The Labute approximate surface area is 124 Å². The highest BCUT2D eigenvalue weighted by molar-refractivity contribution is 9.10. The van der Waals surface area contributed by atoms with Crippen LogP contribution >= 0.6 is 15.9 Å². The molecule has 1 atom stereocenters. The van der Waals surface area contributed by atoms with Gasteiger partial charge in [0, 0.05) is 29.6 Å². The minimum absolute atomic E-state index is 0.378. The Kier molecular flexibility index (Phi) is 3.97. The molecule has 3 rings (SSSR count). The fraction of sp³-hybridized carbons (Fsp3) is 0.625. The van der Waals surface area contributed by atoms with Crippen molar-refractivity contribution in [1.29, 1.82) is 0 Å². The SMILES string of the molecule is Cc1ccc(C(CN)N(CC2CC2)C2CC2)c(Br)c1. The second kappa shape index (κ2) is 5.55. The summed E-state index contributed by atoms with van der Waals surface area (Å²) in [5, 5.41) is 0. The fourth-order valence-electron chi connectivity index (χ4n) is 2.88. The Morgan fingerprint density at radius 3 is 2.58 bits per heavy atom. The number of halogens is 1. The van der Waals surface area contributed by atoms with Crippen LogP contribution in [0.25, 0.3) is 0 Å². The second-order valence-corrected chi connectivity index (χ2v) is 7.00. The molecule has 2 nitrogen and oxygen atoms in total. The highest BCUT2D eigenvalue weighted by Crippen LogP contribution is 2.40. The van der Waals surface area contributed by atoms with E-state index in [4.69, 9.17) is 5.73 Å². The van der Waals surface area contributed by atoms with Crippen molar-refractivity contribution in [3.8, 4) is 0 Å². The predicted molar refractivity (Wildman–Crippen MR) is 83.1 cm³/mol. The zero-order valence-electron chi connectivity index (χ0n) is 11.6. The van der Waals surface area contributed by atoms with Gasteiger partial charge in [-0.1, -0.05) is 28.1 Å². The molecule has 2 fully saturated rings. The van der Waals surface area contributed by atoms with Crippen LogP contribution in [0, 0.1) is 12.8 Å². The Bertz CT molecular complexity index is 452. The molecular formula is C16H23BrN2. The third-order valence-electron chi connectivity index (χ3n) is 4.32. The summed E-state index contributed by atoms with van der Waals surface area (Å²) in [6, 6.07) is 7.81. The maximum absolute atomic E-state index is 6.11. The molecule has 104 valence electrons. The molecule has 0 aliphatic heterocycles. The van der Waals surface area contributed by atoms with Crippen LogP contribution < -0.4 is 5.73 Å². The Morgan fingerprint density at radius 1 is 1.32 bits per heavy atom. The van der Waals surface area contributed by atoms with Crippen LogP contribution in [0.5, 0.6) is 0 Å². The molecule has 1 aromatic carbocycles. The molecule has 2 aliphatic carbocycles. The summed E-state index contributed by atoms with van der Waals surface area (Å²) in [7, 11) is 0. The van der Waals surface area contributed by atoms with Crippen LogP contribution in [-0.2, 0) is 0 Å². The number of rotatable bonds is 6. The molecular weight excluding hydrogens is 300 g/mol.